The Morgan fingerprint density at radius 3 is 2.76 bits per heavy atom. The zero-order chi connectivity index (χ0) is 12.7. The SMILES string of the molecule is C=CCCOc1ccc(C(C)NC)cc1OC. The predicted molar refractivity (Wildman–Crippen MR) is 70.8 cm³/mol. The minimum Gasteiger partial charge on any atom is -0.493 e. The van der Waals surface area contributed by atoms with Crippen LogP contribution in [-0.4, -0.2) is 20.8 Å². The first-order valence-corrected chi connectivity index (χ1v) is 5.81. The molecule has 3 nitrogen and oxygen atoms in total. The molecule has 1 atom stereocenters. The van der Waals surface area contributed by atoms with E-state index in [-0.39, 0.29) is 0 Å². The van der Waals surface area contributed by atoms with E-state index in [1.807, 2.05) is 31.3 Å². The third kappa shape index (κ3) is 3.79. The normalized spacial score (nSPS) is 11.9. The lowest BCUT2D eigenvalue weighted by molar-refractivity contribution is 0.299. The Hall–Kier alpha value is -1.48. The maximum atomic E-state index is 5.62. The molecule has 0 aliphatic heterocycles. The minimum absolute atomic E-state index is 0.297. The van der Waals surface area contributed by atoms with E-state index >= 15 is 0 Å². The van der Waals surface area contributed by atoms with Gasteiger partial charge in [-0.15, -0.1) is 6.58 Å². The molecule has 1 aromatic carbocycles. The largest absolute Gasteiger partial charge is 0.493 e. The van der Waals surface area contributed by atoms with Crippen LogP contribution in [0.1, 0.15) is 24.9 Å². The third-order valence-corrected chi connectivity index (χ3v) is 2.70. The van der Waals surface area contributed by atoms with Crippen LogP contribution in [0.15, 0.2) is 30.9 Å². The van der Waals surface area contributed by atoms with E-state index in [0.717, 1.165) is 17.9 Å². The molecule has 0 fully saturated rings. The molecule has 0 saturated heterocycles. The number of rotatable bonds is 7. The van der Waals surface area contributed by atoms with Gasteiger partial charge in [-0.1, -0.05) is 12.1 Å². The van der Waals surface area contributed by atoms with E-state index in [0.29, 0.717) is 12.6 Å². The van der Waals surface area contributed by atoms with Crippen molar-refractivity contribution in [2.24, 2.45) is 0 Å². The lowest BCUT2D eigenvalue weighted by atomic mass is 10.1. The molecule has 1 unspecified atom stereocenters. The zero-order valence-corrected chi connectivity index (χ0v) is 10.8. The molecule has 0 saturated carbocycles. The van der Waals surface area contributed by atoms with Gasteiger partial charge >= 0.3 is 0 Å². The molecule has 0 radical (unpaired) electrons. The van der Waals surface area contributed by atoms with Crippen molar-refractivity contribution in [2.45, 2.75) is 19.4 Å². The standard InChI is InChI=1S/C14H21NO2/c1-5-6-9-17-13-8-7-12(11(2)15-3)10-14(13)16-4/h5,7-8,10-11,15H,1,6,9H2,2-4H3. The van der Waals surface area contributed by atoms with E-state index in [4.69, 9.17) is 9.47 Å². The van der Waals surface area contributed by atoms with Crippen LogP contribution in [0.5, 0.6) is 11.5 Å². The Balaban J connectivity index is 2.81. The van der Waals surface area contributed by atoms with Gasteiger partial charge in [0.1, 0.15) is 0 Å². The summed E-state index contributed by atoms with van der Waals surface area (Å²) >= 11 is 0. The highest BCUT2D eigenvalue weighted by Gasteiger charge is 2.08. The summed E-state index contributed by atoms with van der Waals surface area (Å²) in [6.07, 6.45) is 2.67. The highest BCUT2D eigenvalue weighted by atomic mass is 16.5. The van der Waals surface area contributed by atoms with Crippen LogP contribution in [0.4, 0.5) is 0 Å². The number of benzene rings is 1. The molecule has 94 valence electrons. The van der Waals surface area contributed by atoms with Gasteiger partial charge in [0, 0.05) is 6.04 Å². The topological polar surface area (TPSA) is 30.5 Å². The van der Waals surface area contributed by atoms with E-state index < -0.39 is 0 Å². The third-order valence-electron chi connectivity index (χ3n) is 2.70. The lowest BCUT2D eigenvalue weighted by Crippen LogP contribution is -2.12. The predicted octanol–water partition coefficient (Wildman–Crippen LogP) is 2.93. The first kappa shape index (κ1) is 13.6. The van der Waals surface area contributed by atoms with Gasteiger partial charge in [-0.25, -0.2) is 0 Å². The zero-order valence-electron chi connectivity index (χ0n) is 10.8. The van der Waals surface area contributed by atoms with Gasteiger partial charge in [0.15, 0.2) is 11.5 Å². The number of nitrogens with one attached hydrogen (secondary N) is 1. The molecule has 1 N–H and O–H groups in total. The number of hydrogen-bond acceptors (Lipinski definition) is 3. The van der Waals surface area contributed by atoms with Gasteiger partial charge in [0.2, 0.25) is 0 Å². The van der Waals surface area contributed by atoms with Crippen molar-refractivity contribution in [2.75, 3.05) is 20.8 Å². The summed E-state index contributed by atoms with van der Waals surface area (Å²) < 4.78 is 11.0. The van der Waals surface area contributed by atoms with Crippen molar-refractivity contribution >= 4 is 0 Å². The Kier molecular flexibility index (Phi) is 5.57. The Morgan fingerprint density at radius 2 is 2.18 bits per heavy atom. The van der Waals surface area contributed by atoms with Crippen LogP contribution >= 0.6 is 0 Å². The molecular weight excluding hydrogens is 214 g/mol. The smallest absolute Gasteiger partial charge is 0.161 e. The molecule has 1 rings (SSSR count). The van der Waals surface area contributed by atoms with E-state index in [2.05, 4.69) is 18.8 Å². The number of ether oxygens (including phenoxy) is 2. The van der Waals surface area contributed by atoms with Crippen LogP contribution in [0.2, 0.25) is 0 Å². The van der Waals surface area contributed by atoms with Crippen LogP contribution in [0.25, 0.3) is 0 Å². The molecule has 17 heavy (non-hydrogen) atoms. The first-order valence-electron chi connectivity index (χ1n) is 5.81. The average molecular weight is 235 g/mol. The van der Waals surface area contributed by atoms with Crippen LogP contribution in [0.3, 0.4) is 0 Å². The summed E-state index contributed by atoms with van der Waals surface area (Å²) in [4.78, 5) is 0. The quantitative estimate of drug-likeness (QED) is 0.582. The Labute approximate surface area is 103 Å². The lowest BCUT2D eigenvalue weighted by Gasteiger charge is -2.15. The van der Waals surface area contributed by atoms with Crippen molar-refractivity contribution < 1.29 is 9.47 Å². The van der Waals surface area contributed by atoms with Crippen molar-refractivity contribution in [1.82, 2.24) is 5.32 Å². The van der Waals surface area contributed by atoms with Gasteiger partial charge < -0.3 is 14.8 Å². The maximum absolute atomic E-state index is 5.62. The maximum Gasteiger partial charge on any atom is 0.161 e. The second-order valence-electron chi connectivity index (χ2n) is 3.85. The fourth-order valence-corrected chi connectivity index (χ4v) is 1.49. The van der Waals surface area contributed by atoms with Gasteiger partial charge in [-0.2, -0.15) is 0 Å². The monoisotopic (exact) mass is 235 g/mol. The van der Waals surface area contributed by atoms with Crippen molar-refractivity contribution in [3.8, 4) is 11.5 Å². The van der Waals surface area contributed by atoms with Gasteiger partial charge in [0.25, 0.3) is 0 Å². The summed E-state index contributed by atoms with van der Waals surface area (Å²) in [6.45, 7) is 6.39. The summed E-state index contributed by atoms with van der Waals surface area (Å²) in [5.41, 5.74) is 1.18. The second kappa shape index (κ2) is 6.97. The molecule has 0 heterocycles. The molecular formula is C14H21NO2. The Bertz CT molecular complexity index is 363. The van der Waals surface area contributed by atoms with Crippen molar-refractivity contribution in [1.29, 1.82) is 0 Å². The molecule has 0 aliphatic carbocycles. The summed E-state index contributed by atoms with van der Waals surface area (Å²) in [7, 11) is 3.59. The summed E-state index contributed by atoms with van der Waals surface area (Å²) in [6, 6.07) is 6.30. The van der Waals surface area contributed by atoms with E-state index in [1.165, 1.54) is 5.56 Å². The first-order chi connectivity index (χ1) is 8.22. The Morgan fingerprint density at radius 1 is 1.41 bits per heavy atom. The number of hydrogen-bond donors (Lipinski definition) is 1. The number of methoxy groups -OCH3 is 1. The van der Waals surface area contributed by atoms with Crippen LogP contribution < -0.4 is 14.8 Å². The molecule has 0 amide bonds. The molecule has 1 aromatic rings. The van der Waals surface area contributed by atoms with Crippen LogP contribution in [0, 0.1) is 0 Å². The molecule has 0 bridgehead atoms. The molecule has 0 aromatic heterocycles. The van der Waals surface area contributed by atoms with Gasteiger partial charge in [-0.3, -0.25) is 0 Å². The van der Waals surface area contributed by atoms with Crippen molar-refractivity contribution in [3.05, 3.63) is 36.4 Å². The highest BCUT2D eigenvalue weighted by molar-refractivity contribution is 5.43. The van der Waals surface area contributed by atoms with Crippen molar-refractivity contribution in [3.63, 3.8) is 0 Å². The molecule has 3 heteroatoms. The molecule has 0 aliphatic rings. The summed E-state index contributed by atoms with van der Waals surface area (Å²) in [5, 5.41) is 3.19. The van der Waals surface area contributed by atoms with E-state index in [1.54, 1.807) is 7.11 Å². The summed E-state index contributed by atoms with van der Waals surface area (Å²) in [5.74, 6) is 1.55. The van der Waals surface area contributed by atoms with Gasteiger partial charge in [-0.05, 0) is 38.1 Å². The van der Waals surface area contributed by atoms with Crippen LogP contribution in [-0.2, 0) is 0 Å². The second-order valence-corrected chi connectivity index (χ2v) is 3.85. The van der Waals surface area contributed by atoms with E-state index in [9.17, 15) is 0 Å². The van der Waals surface area contributed by atoms with Gasteiger partial charge in [0.05, 0.1) is 13.7 Å². The average Bonchev–Trinajstić information content (AvgIpc) is 2.38. The minimum atomic E-state index is 0.297. The molecule has 0 spiro atoms. The fraction of sp³-hybridized carbons (Fsp3) is 0.429. The fourth-order valence-electron chi connectivity index (χ4n) is 1.49. The highest BCUT2D eigenvalue weighted by Crippen LogP contribution is 2.30.